The van der Waals surface area contributed by atoms with Gasteiger partial charge in [-0.15, -0.1) is 0 Å². The fourth-order valence-electron chi connectivity index (χ4n) is 14.3. The van der Waals surface area contributed by atoms with Crippen LogP contribution in [0, 0.1) is 17.9 Å². The van der Waals surface area contributed by atoms with E-state index in [9.17, 15) is 11.8 Å². The van der Waals surface area contributed by atoms with Gasteiger partial charge in [0.2, 0.25) is 5.69 Å². The van der Waals surface area contributed by atoms with Gasteiger partial charge in [0.25, 0.3) is 0 Å². The van der Waals surface area contributed by atoms with Crippen LogP contribution in [0.5, 0.6) is 0 Å². The molecule has 0 aliphatic heterocycles. The van der Waals surface area contributed by atoms with Crippen LogP contribution in [0.25, 0.3) is 186 Å². The summed E-state index contributed by atoms with van der Waals surface area (Å²) in [6.07, 6.45) is 0. The van der Waals surface area contributed by atoms with Gasteiger partial charge in [-0.2, -0.15) is 5.26 Å². The summed E-state index contributed by atoms with van der Waals surface area (Å²) in [4.78, 5) is 4.68. The Morgan fingerprint density at radius 1 is 0.313 bits per heavy atom. The van der Waals surface area contributed by atoms with Crippen molar-refractivity contribution >= 4 is 159 Å². The molecule has 0 aliphatic rings. The molecule has 19 aromatic rings. The molecule has 0 amide bonds. The first-order valence-electron chi connectivity index (χ1n) is 27.6. The summed E-state index contributed by atoms with van der Waals surface area (Å²) in [5, 5.41) is 26.1. The van der Waals surface area contributed by atoms with Crippen molar-refractivity contribution in [3.8, 4) is 34.3 Å². The molecule has 83 heavy (non-hydrogen) atoms. The zero-order chi connectivity index (χ0) is 54.3. The average molecular weight is 1060 g/mol. The van der Waals surface area contributed by atoms with E-state index < -0.39 is 0 Å². The smallest absolute Gasteiger partial charge is 0.232 e. The third kappa shape index (κ3) is 5.57. The molecule has 9 heteroatoms. The lowest BCUT2D eigenvalue weighted by Gasteiger charge is -2.27. The van der Waals surface area contributed by atoms with E-state index in [1.807, 2.05) is 84.9 Å². The van der Waals surface area contributed by atoms with Gasteiger partial charge in [0.1, 0.15) is 44.7 Å². The molecule has 0 fully saturated rings. The largest absolute Gasteiger partial charge is 0.456 e. The minimum Gasteiger partial charge on any atom is -0.456 e. The zero-order valence-electron chi connectivity index (χ0n) is 43.7. The van der Waals surface area contributed by atoms with E-state index in [4.69, 9.17) is 17.7 Å². The van der Waals surface area contributed by atoms with Gasteiger partial charge in [-0.25, -0.2) is 4.85 Å². The predicted octanol–water partition coefficient (Wildman–Crippen LogP) is 20.7. The molecule has 382 valence electrons. The summed E-state index contributed by atoms with van der Waals surface area (Å²) in [6.45, 7) is 9.78. The Morgan fingerprint density at radius 3 is 1.13 bits per heavy atom. The van der Waals surface area contributed by atoms with E-state index in [0.717, 1.165) is 153 Å². The Bertz CT molecular complexity index is 6230. The highest BCUT2D eigenvalue weighted by molar-refractivity contribution is 6.31. The maximum Gasteiger partial charge on any atom is 0.232 e. The van der Waals surface area contributed by atoms with Crippen LogP contribution in [-0.4, -0.2) is 13.7 Å². The van der Waals surface area contributed by atoms with Crippen molar-refractivity contribution in [2.24, 2.45) is 0 Å². The normalized spacial score (nSPS) is 12.3. The molecule has 7 aromatic heterocycles. The van der Waals surface area contributed by atoms with Crippen molar-refractivity contribution in [2.75, 3.05) is 0 Å². The molecule has 0 radical (unpaired) electrons. The van der Waals surface area contributed by atoms with Gasteiger partial charge >= 0.3 is 0 Å². The number of hydrogen-bond donors (Lipinski definition) is 0. The molecular weight excluding hydrogens is 1020 g/mol. The molecule has 0 aliphatic carbocycles. The van der Waals surface area contributed by atoms with E-state index >= 15 is 0 Å². The number of benzene rings is 12. The van der Waals surface area contributed by atoms with Crippen molar-refractivity contribution in [2.45, 2.75) is 0 Å². The van der Waals surface area contributed by atoms with Crippen LogP contribution in [0.4, 0.5) is 5.69 Å². The SMILES string of the molecule is [C-]#[N+]c1c(C#N)c(-n2c3ccccc3c3c4c(ccc32)oc2ccccc24)c(-c2cccc3c2oc2ccccc23)c(-n2c3ccccc3c3c4c(ccc32)oc2ccccc24)c1-n1c2ccccc2c2c3c(ccc21)oc1ccccc13. The number of furan rings is 4. The molecule has 9 nitrogen and oxygen atoms in total. The lowest BCUT2D eigenvalue weighted by molar-refractivity contribution is 0.669. The Kier molecular flexibility index (Phi) is 8.48. The molecule has 0 spiro atoms. The number of rotatable bonds is 4. The molecular formula is C74H37N5O4. The molecule has 0 saturated heterocycles. The molecule has 19 rings (SSSR count). The van der Waals surface area contributed by atoms with E-state index in [-0.39, 0.29) is 11.3 Å². The van der Waals surface area contributed by atoms with E-state index in [1.54, 1.807) is 0 Å². The summed E-state index contributed by atoms with van der Waals surface area (Å²) >= 11 is 0. The maximum absolute atomic E-state index is 12.5. The fourth-order valence-corrected chi connectivity index (χ4v) is 14.3. The molecule has 0 atom stereocenters. The molecule has 7 heterocycles. The summed E-state index contributed by atoms with van der Waals surface area (Å²) in [6, 6.07) is 79.6. The van der Waals surface area contributed by atoms with Gasteiger partial charge in [-0.3, -0.25) is 0 Å². The molecule has 0 unspecified atom stereocenters. The van der Waals surface area contributed by atoms with Crippen molar-refractivity contribution in [1.29, 1.82) is 5.26 Å². The van der Waals surface area contributed by atoms with Crippen LogP contribution in [-0.2, 0) is 0 Å². The Hall–Kier alpha value is -11.8. The molecule has 0 saturated carbocycles. The maximum atomic E-state index is 12.5. The minimum absolute atomic E-state index is 0.180. The van der Waals surface area contributed by atoms with E-state index in [0.29, 0.717) is 28.2 Å². The number of nitrogens with zero attached hydrogens (tertiary/aromatic N) is 5. The van der Waals surface area contributed by atoms with Crippen LogP contribution in [0.1, 0.15) is 5.56 Å². The topological polar surface area (TPSA) is 95.5 Å². The monoisotopic (exact) mass is 1060 g/mol. The van der Waals surface area contributed by atoms with Gasteiger partial charge < -0.3 is 31.4 Å². The van der Waals surface area contributed by atoms with Gasteiger partial charge in [0.05, 0.1) is 68.4 Å². The summed E-state index contributed by atoms with van der Waals surface area (Å²) in [5.41, 5.74) is 14.7. The first kappa shape index (κ1) is 44.1. The average Bonchev–Trinajstić information content (AvgIpc) is 3.05. The van der Waals surface area contributed by atoms with Gasteiger partial charge in [0, 0.05) is 86.5 Å². The first-order chi connectivity index (χ1) is 41.1. The lowest BCUT2D eigenvalue weighted by Crippen LogP contribution is -2.12. The van der Waals surface area contributed by atoms with E-state index in [1.165, 1.54) is 0 Å². The Balaban J connectivity index is 1.12. The van der Waals surface area contributed by atoms with Crippen LogP contribution in [0.15, 0.2) is 242 Å². The lowest BCUT2D eigenvalue weighted by atomic mass is 9.92. The van der Waals surface area contributed by atoms with Crippen molar-refractivity contribution in [1.82, 2.24) is 13.7 Å². The quantitative estimate of drug-likeness (QED) is 0.164. The number of hydrogen-bond acceptors (Lipinski definition) is 5. The number of para-hydroxylation sites is 8. The van der Waals surface area contributed by atoms with Crippen LogP contribution in [0.2, 0.25) is 0 Å². The van der Waals surface area contributed by atoms with Crippen molar-refractivity contribution < 1.29 is 17.7 Å². The molecule has 0 N–H and O–H groups in total. The third-order valence-electron chi connectivity index (χ3n) is 17.5. The van der Waals surface area contributed by atoms with Crippen LogP contribution >= 0.6 is 0 Å². The summed E-state index contributed by atoms with van der Waals surface area (Å²) < 4.78 is 33.9. The predicted molar refractivity (Wildman–Crippen MR) is 335 cm³/mol. The van der Waals surface area contributed by atoms with Crippen molar-refractivity contribution in [3.63, 3.8) is 0 Å². The highest BCUT2D eigenvalue weighted by atomic mass is 16.3. The standard InChI is InChI=1S/C74H37N5O4/c1-76-70-49(39-75)71(77-50-26-9-2-18-42(50)63-53(77)33-36-60-66(63)45-21-6-13-30-57(45)80-60)69(48-25-16-24-41-40-17-5-12-29-56(40)83-74(41)48)72(78-51-27-10-3-19-43(51)64-54(78)34-37-61-67(64)46-22-7-14-31-58(46)81-61)73(70)79-52-28-11-4-20-44(52)65-55(79)35-38-62-68(65)47-23-8-15-32-59(47)82-62/h2-38H. The second kappa shape index (κ2) is 16.0. The summed E-state index contributed by atoms with van der Waals surface area (Å²) in [7, 11) is 0. The molecule has 12 aromatic carbocycles. The number of fused-ring (bicyclic) bond motifs is 24. The second-order valence-corrected chi connectivity index (χ2v) is 21.5. The van der Waals surface area contributed by atoms with Crippen molar-refractivity contribution in [3.05, 3.63) is 241 Å². The van der Waals surface area contributed by atoms with Crippen LogP contribution in [0.3, 0.4) is 0 Å². The summed E-state index contributed by atoms with van der Waals surface area (Å²) in [5.74, 6) is 0. The fraction of sp³-hybridized carbons (Fsp3) is 0. The Labute approximate surface area is 468 Å². The minimum atomic E-state index is 0.180. The van der Waals surface area contributed by atoms with Gasteiger partial charge in [-0.1, -0.05) is 146 Å². The van der Waals surface area contributed by atoms with Crippen LogP contribution < -0.4 is 0 Å². The third-order valence-corrected chi connectivity index (χ3v) is 17.5. The van der Waals surface area contributed by atoms with Gasteiger partial charge in [0.15, 0.2) is 0 Å². The number of aromatic nitrogens is 3. The number of nitriles is 1. The molecule has 0 bridgehead atoms. The van der Waals surface area contributed by atoms with E-state index in [2.05, 4.69) is 164 Å². The highest BCUT2D eigenvalue weighted by Crippen LogP contribution is 2.55. The Morgan fingerprint density at radius 2 is 0.687 bits per heavy atom. The highest BCUT2D eigenvalue weighted by Gasteiger charge is 2.36. The second-order valence-electron chi connectivity index (χ2n) is 21.5. The first-order valence-corrected chi connectivity index (χ1v) is 27.6. The zero-order valence-corrected chi connectivity index (χ0v) is 43.7. The van der Waals surface area contributed by atoms with Gasteiger partial charge in [-0.05, 0) is 78.9 Å².